The molecule has 1 fully saturated rings. The first-order valence-electron chi connectivity index (χ1n) is 5.32. The minimum absolute atomic E-state index is 0.0156. The number of rotatable bonds is 2. The number of hydrogen-bond acceptors (Lipinski definition) is 6. The molecule has 1 saturated heterocycles. The zero-order chi connectivity index (χ0) is 13.0. The van der Waals surface area contributed by atoms with Crippen molar-refractivity contribution in [3.63, 3.8) is 0 Å². The molecule has 0 unspecified atom stereocenters. The smallest absolute Gasteiger partial charge is 0.301 e. The standard InChI is InChI=1S/C10H11N3O3S2/c14-13(15)8-2-1-3-11-9(8)18-10(17)12-4-6-16-7-5-12/h1-3H,4-7H2. The van der Waals surface area contributed by atoms with Gasteiger partial charge in [0.15, 0.2) is 5.03 Å². The van der Waals surface area contributed by atoms with E-state index in [2.05, 4.69) is 4.98 Å². The molecule has 1 aromatic heterocycles. The summed E-state index contributed by atoms with van der Waals surface area (Å²) >= 11 is 6.43. The Morgan fingerprint density at radius 1 is 1.56 bits per heavy atom. The van der Waals surface area contributed by atoms with Crippen LogP contribution in [0.5, 0.6) is 0 Å². The minimum atomic E-state index is -0.447. The molecule has 6 nitrogen and oxygen atoms in total. The van der Waals surface area contributed by atoms with Crippen molar-refractivity contribution < 1.29 is 9.66 Å². The molecule has 0 spiro atoms. The van der Waals surface area contributed by atoms with E-state index in [0.717, 1.165) is 11.8 Å². The largest absolute Gasteiger partial charge is 0.378 e. The monoisotopic (exact) mass is 285 g/mol. The number of morpholine rings is 1. The summed E-state index contributed by atoms with van der Waals surface area (Å²) in [4.78, 5) is 16.4. The highest BCUT2D eigenvalue weighted by molar-refractivity contribution is 8.22. The summed E-state index contributed by atoms with van der Waals surface area (Å²) in [5.74, 6) is 0. The molecule has 96 valence electrons. The van der Waals surface area contributed by atoms with Crippen molar-refractivity contribution in [3.8, 4) is 0 Å². The van der Waals surface area contributed by atoms with Crippen LogP contribution < -0.4 is 0 Å². The zero-order valence-corrected chi connectivity index (χ0v) is 11.1. The predicted octanol–water partition coefficient (Wildman–Crippen LogP) is 1.70. The third-order valence-electron chi connectivity index (χ3n) is 2.40. The molecule has 2 heterocycles. The number of aromatic nitrogens is 1. The van der Waals surface area contributed by atoms with Crippen LogP contribution in [0.4, 0.5) is 5.69 Å². The summed E-state index contributed by atoms with van der Waals surface area (Å²) in [7, 11) is 0. The fourth-order valence-electron chi connectivity index (χ4n) is 1.49. The maximum atomic E-state index is 10.9. The topological polar surface area (TPSA) is 68.5 Å². The van der Waals surface area contributed by atoms with Gasteiger partial charge in [-0.15, -0.1) is 0 Å². The summed E-state index contributed by atoms with van der Waals surface area (Å²) in [5.41, 5.74) is -0.0156. The van der Waals surface area contributed by atoms with Crippen LogP contribution in [0.3, 0.4) is 0 Å². The fraction of sp³-hybridized carbons (Fsp3) is 0.400. The number of nitrogens with zero attached hydrogens (tertiary/aromatic N) is 3. The van der Waals surface area contributed by atoms with Crippen LogP contribution in [-0.2, 0) is 4.74 Å². The van der Waals surface area contributed by atoms with E-state index in [1.165, 1.54) is 12.3 Å². The van der Waals surface area contributed by atoms with Gasteiger partial charge in [-0.05, 0) is 17.8 Å². The van der Waals surface area contributed by atoms with Crippen LogP contribution in [0.1, 0.15) is 0 Å². The lowest BCUT2D eigenvalue weighted by Gasteiger charge is -2.28. The molecule has 0 radical (unpaired) electrons. The third kappa shape index (κ3) is 3.15. The molecule has 0 aliphatic carbocycles. The molecule has 1 aromatic rings. The number of thioether (sulfide) groups is 1. The molecule has 18 heavy (non-hydrogen) atoms. The van der Waals surface area contributed by atoms with Crippen molar-refractivity contribution in [1.29, 1.82) is 0 Å². The maximum absolute atomic E-state index is 10.9. The Kier molecular flexibility index (Phi) is 4.45. The van der Waals surface area contributed by atoms with Crippen molar-refractivity contribution in [2.75, 3.05) is 26.3 Å². The molecule has 0 bridgehead atoms. The molecule has 0 atom stereocenters. The average molecular weight is 285 g/mol. The summed E-state index contributed by atoms with van der Waals surface area (Å²) in [6.07, 6.45) is 1.53. The second-order valence-corrected chi connectivity index (χ2v) is 5.17. The van der Waals surface area contributed by atoms with E-state index in [1.54, 1.807) is 6.07 Å². The van der Waals surface area contributed by atoms with Gasteiger partial charge in [0.2, 0.25) is 0 Å². The third-order valence-corrected chi connectivity index (χ3v) is 3.85. The van der Waals surface area contributed by atoms with E-state index in [4.69, 9.17) is 17.0 Å². The normalized spacial score (nSPS) is 15.4. The van der Waals surface area contributed by atoms with E-state index in [-0.39, 0.29) is 5.69 Å². The Morgan fingerprint density at radius 3 is 2.94 bits per heavy atom. The molecule has 0 aromatic carbocycles. The van der Waals surface area contributed by atoms with E-state index >= 15 is 0 Å². The lowest BCUT2D eigenvalue weighted by atomic mass is 10.4. The Balaban J connectivity index is 2.08. The van der Waals surface area contributed by atoms with Gasteiger partial charge in [0, 0.05) is 25.4 Å². The Labute approximate surface area is 113 Å². The summed E-state index contributed by atoms with van der Waals surface area (Å²) in [6, 6.07) is 2.97. The quantitative estimate of drug-likeness (QED) is 0.354. The van der Waals surface area contributed by atoms with Crippen LogP contribution in [0.15, 0.2) is 23.4 Å². The van der Waals surface area contributed by atoms with E-state index in [1.807, 2.05) is 4.90 Å². The van der Waals surface area contributed by atoms with E-state index in [0.29, 0.717) is 35.6 Å². The highest BCUT2D eigenvalue weighted by atomic mass is 32.2. The van der Waals surface area contributed by atoms with Gasteiger partial charge in [-0.2, -0.15) is 0 Å². The van der Waals surface area contributed by atoms with Gasteiger partial charge < -0.3 is 9.64 Å². The highest BCUT2D eigenvalue weighted by Crippen LogP contribution is 2.28. The van der Waals surface area contributed by atoms with Crippen LogP contribution >= 0.6 is 24.0 Å². The average Bonchev–Trinajstić information content (AvgIpc) is 2.40. The summed E-state index contributed by atoms with van der Waals surface area (Å²) < 4.78 is 5.82. The summed E-state index contributed by atoms with van der Waals surface area (Å²) in [5, 5.41) is 11.2. The lowest BCUT2D eigenvalue weighted by molar-refractivity contribution is -0.388. The van der Waals surface area contributed by atoms with Gasteiger partial charge >= 0.3 is 5.69 Å². The summed E-state index contributed by atoms with van der Waals surface area (Å²) in [6.45, 7) is 2.69. The Hall–Kier alpha value is -1.25. The van der Waals surface area contributed by atoms with Crippen molar-refractivity contribution in [1.82, 2.24) is 9.88 Å². The van der Waals surface area contributed by atoms with Crippen LogP contribution in [0.2, 0.25) is 0 Å². The minimum Gasteiger partial charge on any atom is -0.378 e. The number of ether oxygens (including phenoxy) is 1. The molecular formula is C10H11N3O3S2. The first kappa shape index (κ1) is 13.2. The second-order valence-electron chi connectivity index (χ2n) is 3.55. The highest BCUT2D eigenvalue weighted by Gasteiger charge is 2.20. The van der Waals surface area contributed by atoms with Gasteiger partial charge in [-0.1, -0.05) is 12.2 Å². The van der Waals surface area contributed by atoms with Crippen LogP contribution in [0, 0.1) is 10.1 Å². The Morgan fingerprint density at radius 2 is 2.28 bits per heavy atom. The number of thiocarbonyl (C=S) groups is 1. The van der Waals surface area contributed by atoms with Crippen molar-refractivity contribution in [2.24, 2.45) is 0 Å². The van der Waals surface area contributed by atoms with Crippen molar-refractivity contribution >= 4 is 34.0 Å². The van der Waals surface area contributed by atoms with Gasteiger partial charge in [0.25, 0.3) is 0 Å². The van der Waals surface area contributed by atoms with Crippen LogP contribution in [-0.4, -0.2) is 45.4 Å². The van der Waals surface area contributed by atoms with E-state index < -0.39 is 4.92 Å². The molecule has 0 amide bonds. The molecule has 1 aliphatic rings. The molecule has 1 aliphatic heterocycles. The van der Waals surface area contributed by atoms with Gasteiger partial charge in [0.05, 0.1) is 18.1 Å². The second kappa shape index (κ2) is 6.07. The number of hydrogen-bond donors (Lipinski definition) is 0. The van der Waals surface area contributed by atoms with Crippen molar-refractivity contribution in [2.45, 2.75) is 5.03 Å². The molecule has 0 N–H and O–H groups in total. The molecular weight excluding hydrogens is 274 g/mol. The fourth-order valence-corrected chi connectivity index (χ4v) is 2.75. The predicted molar refractivity (Wildman–Crippen MR) is 71.7 cm³/mol. The van der Waals surface area contributed by atoms with Gasteiger partial charge in [0.1, 0.15) is 4.32 Å². The molecule has 2 rings (SSSR count). The number of nitro groups is 1. The first-order valence-corrected chi connectivity index (χ1v) is 6.55. The zero-order valence-electron chi connectivity index (χ0n) is 9.44. The van der Waals surface area contributed by atoms with Crippen LogP contribution in [0.25, 0.3) is 0 Å². The number of pyridine rings is 1. The molecule has 0 saturated carbocycles. The van der Waals surface area contributed by atoms with Gasteiger partial charge in [-0.25, -0.2) is 4.98 Å². The molecule has 8 heteroatoms. The SMILES string of the molecule is O=[N+]([O-])c1cccnc1SC(=S)N1CCOCC1. The maximum Gasteiger partial charge on any atom is 0.301 e. The van der Waals surface area contributed by atoms with Gasteiger partial charge in [-0.3, -0.25) is 10.1 Å². The van der Waals surface area contributed by atoms with E-state index in [9.17, 15) is 10.1 Å². The Bertz CT molecular complexity index is 463. The van der Waals surface area contributed by atoms with Crippen molar-refractivity contribution in [3.05, 3.63) is 28.4 Å². The first-order chi connectivity index (χ1) is 8.68. The lowest BCUT2D eigenvalue weighted by Crippen LogP contribution is -2.38.